The molecule has 20 heavy (non-hydrogen) atoms. The van der Waals surface area contributed by atoms with E-state index in [9.17, 15) is 9.50 Å². The fourth-order valence-corrected chi connectivity index (χ4v) is 2.46. The minimum Gasteiger partial charge on any atom is -0.392 e. The Balaban J connectivity index is 2.10. The fraction of sp³-hybridized carbons (Fsp3) is 0.333. The van der Waals surface area contributed by atoms with Gasteiger partial charge in [0, 0.05) is 0 Å². The number of aliphatic hydroxyl groups is 1. The number of hydrogen-bond donors (Lipinski definition) is 1. The molecule has 2 heteroatoms. The highest BCUT2D eigenvalue weighted by Crippen LogP contribution is 2.17. The van der Waals surface area contributed by atoms with Gasteiger partial charge in [-0.15, -0.1) is 0 Å². The molecule has 0 radical (unpaired) electrons. The second kappa shape index (κ2) is 6.19. The zero-order chi connectivity index (χ0) is 14.7. The second-order valence-electron chi connectivity index (χ2n) is 5.56. The quantitative estimate of drug-likeness (QED) is 0.895. The van der Waals surface area contributed by atoms with E-state index in [1.54, 1.807) is 6.07 Å². The van der Waals surface area contributed by atoms with E-state index < -0.39 is 6.10 Å². The zero-order valence-corrected chi connectivity index (χ0v) is 12.3. The standard InChI is InChI=1S/C18H21FO/c1-12-4-5-13(2)15(8-12)10-18(20)11-16-9-17(19)7-6-14(16)3/h4-9,18,20H,10-11H2,1-3H3. The molecule has 1 N–H and O–H groups in total. The van der Waals surface area contributed by atoms with Gasteiger partial charge in [-0.25, -0.2) is 4.39 Å². The number of benzene rings is 2. The van der Waals surface area contributed by atoms with Gasteiger partial charge in [0.25, 0.3) is 0 Å². The third kappa shape index (κ3) is 3.67. The van der Waals surface area contributed by atoms with Crippen LogP contribution >= 0.6 is 0 Å². The van der Waals surface area contributed by atoms with Gasteiger partial charge in [0.05, 0.1) is 6.10 Å². The van der Waals surface area contributed by atoms with Crippen molar-refractivity contribution < 1.29 is 9.50 Å². The SMILES string of the molecule is Cc1ccc(C)c(CC(O)Cc2cc(F)ccc2C)c1. The minimum atomic E-state index is -0.490. The summed E-state index contributed by atoms with van der Waals surface area (Å²) in [7, 11) is 0. The lowest BCUT2D eigenvalue weighted by atomic mass is 9.95. The van der Waals surface area contributed by atoms with Gasteiger partial charge in [0.15, 0.2) is 0 Å². The average molecular weight is 272 g/mol. The molecule has 1 atom stereocenters. The Morgan fingerprint density at radius 2 is 1.45 bits per heavy atom. The van der Waals surface area contributed by atoms with Crippen LogP contribution in [-0.2, 0) is 12.8 Å². The molecule has 0 aliphatic carbocycles. The van der Waals surface area contributed by atoms with E-state index in [4.69, 9.17) is 0 Å². The second-order valence-corrected chi connectivity index (χ2v) is 5.56. The average Bonchev–Trinajstić information content (AvgIpc) is 2.38. The van der Waals surface area contributed by atoms with Gasteiger partial charge >= 0.3 is 0 Å². The maximum Gasteiger partial charge on any atom is 0.123 e. The van der Waals surface area contributed by atoms with Gasteiger partial charge in [-0.05, 0) is 68.0 Å². The van der Waals surface area contributed by atoms with Gasteiger partial charge in [-0.1, -0.05) is 29.8 Å². The van der Waals surface area contributed by atoms with Crippen LogP contribution in [0.1, 0.15) is 27.8 Å². The summed E-state index contributed by atoms with van der Waals surface area (Å²) in [5.74, 6) is -0.246. The predicted molar refractivity (Wildman–Crippen MR) is 80.5 cm³/mol. The Labute approximate surface area is 120 Å². The lowest BCUT2D eigenvalue weighted by Gasteiger charge is -2.15. The molecule has 0 saturated heterocycles. The van der Waals surface area contributed by atoms with Gasteiger partial charge in [-0.3, -0.25) is 0 Å². The van der Waals surface area contributed by atoms with Crippen molar-refractivity contribution in [3.63, 3.8) is 0 Å². The van der Waals surface area contributed by atoms with E-state index in [0.29, 0.717) is 12.8 Å². The first-order chi connectivity index (χ1) is 9.45. The maximum atomic E-state index is 13.3. The molecule has 2 aromatic rings. The third-order valence-electron chi connectivity index (χ3n) is 3.73. The first-order valence-electron chi connectivity index (χ1n) is 6.95. The summed E-state index contributed by atoms with van der Waals surface area (Å²) in [5.41, 5.74) is 5.44. The first kappa shape index (κ1) is 14.7. The molecule has 0 spiro atoms. The summed E-state index contributed by atoms with van der Waals surface area (Å²) < 4.78 is 13.3. The van der Waals surface area contributed by atoms with Crippen LogP contribution in [0, 0.1) is 26.6 Å². The van der Waals surface area contributed by atoms with Gasteiger partial charge in [-0.2, -0.15) is 0 Å². The molecular weight excluding hydrogens is 251 g/mol. The van der Waals surface area contributed by atoms with Crippen LogP contribution in [0.5, 0.6) is 0 Å². The van der Waals surface area contributed by atoms with Crippen LogP contribution < -0.4 is 0 Å². The third-order valence-corrected chi connectivity index (χ3v) is 3.73. The Morgan fingerprint density at radius 1 is 0.900 bits per heavy atom. The van der Waals surface area contributed by atoms with Crippen LogP contribution in [0.25, 0.3) is 0 Å². The lowest BCUT2D eigenvalue weighted by molar-refractivity contribution is 0.175. The van der Waals surface area contributed by atoms with E-state index in [1.165, 1.54) is 23.3 Å². The van der Waals surface area contributed by atoms with Crippen LogP contribution in [-0.4, -0.2) is 11.2 Å². The molecule has 0 saturated carbocycles. The summed E-state index contributed by atoms with van der Waals surface area (Å²) in [6, 6.07) is 11.0. The van der Waals surface area contributed by atoms with Crippen LogP contribution in [0.15, 0.2) is 36.4 Å². The first-order valence-corrected chi connectivity index (χ1v) is 6.95. The van der Waals surface area contributed by atoms with Crippen LogP contribution in [0.4, 0.5) is 4.39 Å². The van der Waals surface area contributed by atoms with E-state index >= 15 is 0 Å². The van der Waals surface area contributed by atoms with Crippen molar-refractivity contribution in [2.75, 3.05) is 0 Å². The Kier molecular flexibility index (Phi) is 4.56. The number of hydrogen-bond acceptors (Lipinski definition) is 1. The van der Waals surface area contributed by atoms with Gasteiger partial charge < -0.3 is 5.11 Å². The fourth-order valence-electron chi connectivity index (χ4n) is 2.46. The lowest BCUT2D eigenvalue weighted by Crippen LogP contribution is -2.15. The van der Waals surface area contributed by atoms with E-state index in [-0.39, 0.29) is 5.82 Å². The van der Waals surface area contributed by atoms with Crippen molar-refractivity contribution in [3.8, 4) is 0 Å². The molecule has 106 valence electrons. The minimum absolute atomic E-state index is 0.246. The normalized spacial score (nSPS) is 12.4. The zero-order valence-electron chi connectivity index (χ0n) is 12.3. The van der Waals surface area contributed by atoms with Gasteiger partial charge in [0.1, 0.15) is 5.82 Å². The molecule has 2 aromatic carbocycles. The topological polar surface area (TPSA) is 20.2 Å². The Bertz CT molecular complexity index is 551. The molecule has 1 nitrogen and oxygen atoms in total. The van der Waals surface area contributed by atoms with Crippen LogP contribution in [0.2, 0.25) is 0 Å². The number of rotatable bonds is 4. The molecular formula is C18H21FO. The largest absolute Gasteiger partial charge is 0.392 e. The smallest absolute Gasteiger partial charge is 0.123 e. The number of aryl methyl sites for hydroxylation is 3. The molecule has 0 amide bonds. The molecule has 0 aliphatic heterocycles. The number of aliphatic hydroxyl groups excluding tert-OH is 1. The van der Waals surface area contributed by atoms with Crippen molar-refractivity contribution in [3.05, 3.63) is 70.0 Å². The maximum absolute atomic E-state index is 13.3. The highest BCUT2D eigenvalue weighted by Gasteiger charge is 2.11. The van der Waals surface area contributed by atoms with E-state index in [2.05, 4.69) is 25.1 Å². The molecule has 0 bridgehead atoms. The van der Waals surface area contributed by atoms with E-state index in [0.717, 1.165) is 16.7 Å². The summed E-state index contributed by atoms with van der Waals surface area (Å²) >= 11 is 0. The molecule has 0 heterocycles. The number of halogens is 1. The van der Waals surface area contributed by atoms with Crippen molar-refractivity contribution in [1.82, 2.24) is 0 Å². The molecule has 2 rings (SSSR count). The van der Waals surface area contributed by atoms with Crippen molar-refractivity contribution in [2.24, 2.45) is 0 Å². The molecule has 0 aromatic heterocycles. The summed E-state index contributed by atoms with van der Waals surface area (Å²) in [4.78, 5) is 0. The Morgan fingerprint density at radius 3 is 2.10 bits per heavy atom. The van der Waals surface area contributed by atoms with Crippen LogP contribution in [0.3, 0.4) is 0 Å². The summed E-state index contributed by atoms with van der Waals surface area (Å²) in [6.07, 6.45) is 0.594. The predicted octanol–water partition coefficient (Wildman–Crippen LogP) is 3.90. The van der Waals surface area contributed by atoms with Crippen molar-refractivity contribution >= 4 is 0 Å². The Hall–Kier alpha value is -1.67. The highest BCUT2D eigenvalue weighted by atomic mass is 19.1. The van der Waals surface area contributed by atoms with Gasteiger partial charge in [0.2, 0.25) is 0 Å². The summed E-state index contributed by atoms with van der Waals surface area (Å²) in [5, 5.41) is 10.3. The highest BCUT2D eigenvalue weighted by molar-refractivity contribution is 5.32. The molecule has 0 aliphatic rings. The van der Waals surface area contributed by atoms with Crippen molar-refractivity contribution in [1.29, 1.82) is 0 Å². The van der Waals surface area contributed by atoms with E-state index in [1.807, 2.05) is 13.8 Å². The van der Waals surface area contributed by atoms with Crippen molar-refractivity contribution in [2.45, 2.75) is 39.7 Å². The molecule has 1 unspecified atom stereocenters. The molecule has 0 fully saturated rings. The summed E-state index contributed by atoms with van der Waals surface area (Å²) in [6.45, 7) is 6.04. The monoisotopic (exact) mass is 272 g/mol.